The van der Waals surface area contributed by atoms with Crippen LogP contribution in [0.15, 0.2) is 42.5 Å². The zero-order valence-electron chi connectivity index (χ0n) is 16.1. The highest BCUT2D eigenvalue weighted by Crippen LogP contribution is 2.29. The molecule has 0 aliphatic carbocycles. The van der Waals surface area contributed by atoms with E-state index >= 15 is 0 Å². The van der Waals surface area contributed by atoms with E-state index in [0.29, 0.717) is 11.5 Å². The van der Waals surface area contributed by atoms with Gasteiger partial charge in [-0.2, -0.15) is 0 Å². The molecule has 0 heterocycles. The van der Waals surface area contributed by atoms with Crippen molar-refractivity contribution in [1.82, 2.24) is 5.32 Å². The Hall–Kier alpha value is -2.69. The average molecular weight is 357 g/mol. The van der Waals surface area contributed by atoms with E-state index in [9.17, 15) is 4.79 Å². The average Bonchev–Trinajstić information content (AvgIpc) is 2.67. The van der Waals surface area contributed by atoms with Crippen molar-refractivity contribution < 1.29 is 19.0 Å². The topological polar surface area (TPSA) is 56.8 Å². The summed E-state index contributed by atoms with van der Waals surface area (Å²) in [6, 6.07) is 13.3. The quantitative estimate of drug-likeness (QED) is 0.783. The zero-order valence-corrected chi connectivity index (χ0v) is 16.1. The molecule has 1 N–H and O–H groups in total. The molecule has 1 atom stereocenters. The summed E-state index contributed by atoms with van der Waals surface area (Å²) in [6.07, 6.45) is 1.04. The van der Waals surface area contributed by atoms with E-state index in [2.05, 4.69) is 12.2 Å². The predicted octanol–water partition coefficient (Wildman–Crippen LogP) is 3.70. The van der Waals surface area contributed by atoms with Gasteiger partial charge in [-0.05, 0) is 48.7 Å². The molecular formula is C21H27NO4. The summed E-state index contributed by atoms with van der Waals surface area (Å²) in [5, 5.41) is 3.16. The van der Waals surface area contributed by atoms with E-state index in [0.717, 1.165) is 23.3 Å². The van der Waals surface area contributed by atoms with Gasteiger partial charge in [0.05, 0.1) is 33.3 Å². The molecule has 0 radical (unpaired) electrons. The fraction of sp³-hybridized carbons (Fsp3) is 0.381. The number of hydrogen-bond acceptors (Lipinski definition) is 4. The van der Waals surface area contributed by atoms with E-state index < -0.39 is 5.54 Å². The summed E-state index contributed by atoms with van der Waals surface area (Å²) in [5.74, 6) is 2.01. The Labute approximate surface area is 155 Å². The van der Waals surface area contributed by atoms with Gasteiger partial charge in [-0.3, -0.25) is 4.79 Å². The van der Waals surface area contributed by atoms with Gasteiger partial charge in [0.1, 0.15) is 5.75 Å². The molecule has 0 bridgehead atoms. The highest BCUT2D eigenvalue weighted by atomic mass is 16.5. The molecule has 1 unspecified atom stereocenters. The first-order chi connectivity index (χ1) is 12.5. The first-order valence-corrected chi connectivity index (χ1v) is 8.62. The van der Waals surface area contributed by atoms with Crippen molar-refractivity contribution >= 4 is 5.91 Å². The molecule has 5 nitrogen and oxygen atoms in total. The Morgan fingerprint density at radius 3 is 2.15 bits per heavy atom. The molecule has 0 aromatic heterocycles. The van der Waals surface area contributed by atoms with Gasteiger partial charge in [-0.25, -0.2) is 0 Å². The van der Waals surface area contributed by atoms with E-state index in [-0.39, 0.29) is 12.3 Å². The van der Waals surface area contributed by atoms with Crippen LogP contribution in [0, 0.1) is 0 Å². The summed E-state index contributed by atoms with van der Waals surface area (Å²) in [5.41, 5.74) is 1.47. The Balaban J connectivity index is 2.13. The minimum atomic E-state index is -0.445. The molecule has 0 aliphatic heterocycles. The van der Waals surface area contributed by atoms with Gasteiger partial charge < -0.3 is 19.5 Å². The third-order valence-electron chi connectivity index (χ3n) is 4.66. The lowest BCUT2D eigenvalue weighted by molar-refractivity contribution is -0.122. The van der Waals surface area contributed by atoms with Gasteiger partial charge in [-0.1, -0.05) is 25.1 Å². The van der Waals surface area contributed by atoms with Crippen molar-refractivity contribution in [3.05, 3.63) is 53.6 Å². The van der Waals surface area contributed by atoms with Crippen molar-refractivity contribution in [3.63, 3.8) is 0 Å². The van der Waals surface area contributed by atoms with Gasteiger partial charge >= 0.3 is 0 Å². The fourth-order valence-corrected chi connectivity index (χ4v) is 2.85. The second kappa shape index (κ2) is 8.61. The van der Waals surface area contributed by atoms with Crippen LogP contribution in [0.2, 0.25) is 0 Å². The summed E-state index contributed by atoms with van der Waals surface area (Å²) >= 11 is 0. The predicted molar refractivity (Wildman–Crippen MR) is 102 cm³/mol. The van der Waals surface area contributed by atoms with Crippen LogP contribution < -0.4 is 19.5 Å². The van der Waals surface area contributed by atoms with E-state index in [1.54, 1.807) is 21.3 Å². The molecule has 0 aliphatic rings. The molecular weight excluding hydrogens is 330 g/mol. The smallest absolute Gasteiger partial charge is 0.225 e. The fourth-order valence-electron chi connectivity index (χ4n) is 2.85. The molecule has 2 rings (SSSR count). The standard InChI is InChI=1S/C21H27NO4/c1-6-21(2,16-8-10-17(24-3)11-9-16)22-20(23)14-15-7-12-18(25-4)19(13-15)26-5/h7-13H,6,14H2,1-5H3,(H,22,23). The van der Waals surface area contributed by atoms with Gasteiger partial charge in [0.15, 0.2) is 11.5 Å². The Morgan fingerprint density at radius 2 is 1.62 bits per heavy atom. The van der Waals surface area contributed by atoms with Gasteiger partial charge in [0.2, 0.25) is 5.91 Å². The van der Waals surface area contributed by atoms with Crippen LogP contribution in [0.3, 0.4) is 0 Å². The maximum absolute atomic E-state index is 12.6. The largest absolute Gasteiger partial charge is 0.497 e. The number of rotatable bonds is 8. The lowest BCUT2D eigenvalue weighted by Gasteiger charge is -2.30. The molecule has 2 aromatic carbocycles. The molecule has 0 saturated carbocycles. The molecule has 0 fully saturated rings. The lowest BCUT2D eigenvalue weighted by Crippen LogP contribution is -2.43. The third-order valence-corrected chi connectivity index (χ3v) is 4.66. The maximum atomic E-state index is 12.6. The first-order valence-electron chi connectivity index (χ1n) is 8.62. The number of carbonyl (C=O) groups is 1. The molecule has 26 heavy (non-hydrogen) atoms. The highest BCUT2D eigenvalue weighted by Gasteiger charge is 2.26. The van der Waals surface area contributed by atoms with Gasteiger partial charge in [0, 0.05) is 0 Å². The minimum absolute atomic E-state index is 0.0441. The summed E-state index contributed by atoms with van der Waals surface area (Å²) in [4.78, 5) is 12.6. The third kappa shape index (κ3) is 4.48. The van der Waals surface area contributed by atoms with E-state index in [1.807, 2.05) is 49.4 Å². The monoisotopic (exact) mass is 357 g/mol. The summed E-state index contributed by atoms with van der Waals surface area (Å²) < 4.78 is 15.7. The molecule has 5 heteroatoms. The number of carbonyl (C=O) groups excluding carboxylic acids is 1. The van der Waals surface area contributed by atoms with Crippen LogP contribution in [0.4, 0.5) is 0 Å². The van der Waals surface area contributed by atoms with Crippen molar-refractivity contribution in [1.29, 1.82) is 0 Å². The second-order valence-electron chi connectivity index (χ2n) is 6.33. The summed E-state index contributed by atoms with van der Waals surface area (Å²) in [7, 11) is 4.81. The Kier molecular flexibility index (Phi) is 6.50. The number of hydrogen-bond donors (Lipinski definition) is 1. The first kappa shape index (κ1) is 19.6. The van der Waals surface area contributed by atoms with Gasteiger partial charge in [-0.15, -0.1) is 0 Å². The maximum Gasteiger partial charge on any atom is 0.225 e. The van der Waals surface area contributed by atoms with Crippen molar-refractivity contribution in [2.75, 3.05) is 21.3 Å². The molecule has 140 valence electrons. The van der Waals surface area contributed by atoms with Crippen molar-refractivity contribution in [2.45, 2.75) is 32.2 Å². The Morgan fingerprint density at radius 1 is 0.962 bits per heavy atom. The van der Waals surface area contributed by atoms with Crippen molar-refractivity contribution in [3.8, 4) is 17.2 Å². The van der Waals surface area contributed by atoms with Crippen LogP contribution in [-0.2, 0) is 16.8 Å². The van der Waals surface area contributed by atoms with Gasteiger partial charge in [0.25, 0.3) is 0 Å². The number of amides is 1. The Bertz CT molecular complexity index is 742. The van der Waals surface area contributed by atoms with E-state index in [1.165, 1.54) is 0 Å². The zero-order chi connectivity index (χ0) is 19.2. The number of ether oxygens (including phenoxy) is 3. The van der Waals surface area contributed by atoms with Crippen LogP contribution >= 0.6 is 0 Å². The molecule has 0 saturated heterocycles. The van der Waals surface area contributed by atoms with Crippen LogP contribution in [-0.4, -0.2) is 27.2 Å². The number of nitrogens with one attached hydrogen (secondary N) is 1. The minimum Gasteiger partial charge on any atom is -0.497 e. The summed E-state index contributed by atoms with van der Waals surface area (Å²) in [6.45, 7) is 4.09. The lowest BCUT2D eigenvalue weighted by atomic mass is 9.89. The SMILES string of the molecule is CCC(C)(NC(=O)Cc1ccc(OC)c(OC)c1)c1ccc(OC)cc1. The molecule has 1 amide bonds. The van der Waals surface area contributed by atoms with Crippen molar-refractivity contribution in [2.24, 2.45) is 0 Å². The number of methoxy groups -OCH3 is 3. The van der Waals surface area contributed by atoms with Crippen LogP contribution in [0.1, 0.15) is 31.4 Å². The molecule has 2 aromatic rings. The van der Waals surface area contributed by atoms with Crippen LogP contribution in [0.25, 0.3) is 0 Å². The normalized spacial score (nSPS) is 12.8. The number of benzene rings is 2. The highest BCUT2D eigenvalue weighted by molar-refractivity contribution is 5.79. The second-order valence-corrected chi connectivity index (χ2v) is 6.33. The van der Waals surface area contributed by atoms with Crippen LogP contribution in [0.5, 0.6) is 17.2 Å². The van der Waals surface area contributed by atoms with E-state index in [4.69, 9.17) is 14.2 Å². The molecule has 0 spiro atoms.